The molecule has 1 fully saturated rings. The predicted octanol–water partition coefficient (Wildman–Crippen LogP) is 2.67. The fourth-order valence-corrected chi connectivity index (χ4v) is 3.44. The molecular formula is C21H27N3O7. The largest absolute Gasteiger partial charge is 0.467 e. The van der Waals surface area contributed by atoms with Crippen molar-refractivity contribution in [3.8, 4) is 5.75 Å². The molecule has 0 unspecified atom stereocenters. The highest BCUT2D eigenvalue weighted by Gasteiger charge is 2.46. The summed E-state index contributed by atoms with van der Waals surface area (Å²) >= 11 is 0. The Kier molecular flexibility index (Phi) is 7.37. The number of carbonyl (C=O) groups excluding carboxylic acids is 3. The summed E-state index contributed by atoms with van der Waals surface area (Å²) in [7, 11) is 1.25. The molecule has 0 spiro atoms. The number of amides is 2. The number of nitrogens with zero attached hydrogens (tertiary/aromatic N) is 2. The number of methoxy groups -OCH3 is 1. The van der Waals surface area contributed by atoms with Gasteiger partial charge in [-0.1, -0.05) is 26.8 Å². The third kappa shape index (κ3) is 5.59. The van der Waals surface area contributed by atoms with Crippen molar-refractivity contribution in [3.63, 3.8) is 0 Å². The van der Waals surface area contributed by atoms with Crippen LogP contribution in [0.4, 0.5) is 10.5 Å². The molecule has 10 heteroatoms. The quantitative estimate of drug-likeness (QED) is 0.316. The SMILES string of the molecule is C=C[C@H]1CCN(C(=O)[C@@H](NC(=O)Oc2ccc([N+](=O)[O-])cc2)C(C)(C)C)[C@@H]1C(=O)OC. The molecule has 1 aliphatic heterocycles. The number of hydrogen-bond donors (Lipinski definition) is 1. The molecule has 1 aromatic carbocycles. The number of non-ortho nitro benzene ring substituents is 1. The number of esters is 1. The first-order valence-corrected chi connectivity index (χ1v) is 9.73. The molecule has 0 bridgehead atoms. The average Bonchev–Trinajstić information content (AvgIpc) is 3.14. The van der Waals surface area contributed by atoms with E-state index in [-0.39, 0.29) is 17.4 Å². The van der Waals surface area contributed by atoms with E-state index in [0.717, 1.165) is 0 Å². The number of nitrogens with one attached hydrogen (secondary N) is 1. The van der Waals surface area contributed by atoms with Crippen molar-refractivity contribution in [2.45, 2.75) is 39.3 Å². The van der Waals surface area contributed by atoms with Gasteiger partial charge in [0.15, 0.2) is 0 Å². The highest BCUT2D eigenvalue weighted by Crippen LogP contribution is 2.30. The number of nitro groups is 1. The molecule has 1 N–H and O–H groups in total. The number of carbonyl (C=O) groups is 3. The minimum atomic E-state index is -0.992. The van der Waals surface area contributed by atoms with Crippen molar-refractivity contribution in [3.05, 3.63) is 47.0 Å². The summed E-state index contributed by atoms with van der Waals surface area (Å²) in [5.74, 6) is -1.14. The van der Waals surface area contributed by atoms with Crippen LogP contribution in [-0.2, 0) is 14.3 Å². The normalized spacial score (nSPS) is 19.3. The molecular weight excluding hydrogens is 406 g/mol. The van der Waals surface area contributed by atoms with Crippen molar-refractivity contribution >= 4 is 23.7 Å². The van der Waals surface area contributed by atoms with Gasteiger partial charge in [0, 0.05) is 24.6 Å². The summed E-state index contributed by atoms with van der Waals surface area (Å²) < 4.78 is 10.0. The van der Waals surface area contributed by atoms with Gasteiger partial charge in [0.05, 0.1) is 12.0 Å². The van der Waals surface area contributed by atoms with Gasteiger partial charge in [0.2, 0.25) is 5.91 Å². The van der Waals surface area contributed by atoms with Crippen LogP contribution in [0.5, 0.6) is 5.75 Å². The first kappa shape index (κ1) is 23.8. The Balaban J connectivity index is 2.18. The highest BCUT2D eigenvalue weighted by atomic mass is 16.6. The maximum absolute atomic E-state index is 13.3. The third-order valence-corrected chi connectivity index (χ3v) is 5.11. The number of benzene rings is 1. The summed E-state index contributed by atoms with van der Waals surface area (Å²) in [5, 5.41) is 13.3. The van der Waals surface area contributed by atoms with E-state index in [2.05, 4.69) is 11.9 Å². The zero-order valence-corrected chi connectivity index (χ0v) is 18.0. The van der Waals surface area contributed by atoms with Crippen molar-refractivity contribution in [2.24, 2.45) is 11.3 Å². The summed E-state index contributed by atoms with van der Waals surface area (Å²) in [6, 6.07) is 3.18. The Morgan fingerprint density at radius 2 is 1.90 bits per heavy atom. The average molecular weight is 433 g/mol. The molecule has 2 rings (SSSR count). The summed E-state index contributed by atoms with van der Waals surface area (Å²) in [5.41, 5.74) is -0.839. The number of ether oxygens (including phenoxy) is 2. The maximum atomic E-state index is 13.3. The summed E-state index contributed by atoms with van der Waals surface area (Å²) in [4.78, 5) is 49.6. The predicted molar refractivity (Wildman–Crippen MR) is 111 cm³/mol. The first-order valence-electron chi connectivity index (χ1n) is 9.73. The van der Waals surface area contributed by atoms with Crippen LogP contribution < -0.4 is 10.1 Å². The topological polar surface area (TPSA) is 128 Å². The molecule has 1 heterocycles. The van der Waals surface area contributed by atoms with Gasteiger partial charge in [-0.25, -0.2) is 9.59 Å². The Hall–Kier alpha value is -3.43. The number of nitro benzene ring substituents is 1. The number of rotatable bonds is 6. The Bertz CT molecular complexity index is 861. The number of hydrogen-bond acceptors (Lipinski definition) is 7. The lowest BCUT2D eigenvalue weighted by Gasteiger charge is -2.35. The second-order valence-corrected chi connectivity index (χ2v) is 8.27. The van der Waals surface area contributed by atoms with E-state index < -0.39 is 40.4 Å². The summed E-state index contributed by atoms with van der Waals surface area (Å²) in [6.45, 7) is 9.37. The lowest BCUT2D eigenvalue weighted by Crippen LogP contribution is -2.57. The molecule has 0 saturated carbocycles. The van der Waals surface area contributed by atoms with E-state index in [4.69, 9.17) is 9.47 Å². The van der Waals surface area contributed by atoms with Gasteiger partial charge >= 0.3 is 12.1 Å². The van der Waals surface area contributed by atoms with Crippen LogP contribution in [-0.4, -0.2) is 53.5 Å². The van der Waals surface area contributed by atoms with Gasteiger partial charge in [-0.3, -0.25) is 14.9 Å². The smallest absolute Gasteiger partial charge is 0.413 e. The minimum Gasteiger partial charge on any atom is -0.467 e. The third-order valence-electron chi connectivity index (χ3n) is 5.11. The fourth-order valence-electron chi connectivity index (χ4n) is 3.44. The molecule has 2 amide bonds. The van der Waals surface area contributed by atoms with Crippen molar-refractivity contribution in [1.29, 1.82) is 0 Å². The van der Waals surface area contributed by atoms with E-state index >= 15 is 0 Å². The Morgan fingerprint density at radius 3 is 2.39 bits per heavy atom. The molecule has 1 aromatic rings. The molecule has 0 aromatic heterocycles. The Morgan fingerprint density at radius 1 is 1.29 bits per heavy atom. The molecule has 31 heavy (non-hydrogen) atoms. The van der Waals surface area contributed by atoms with E-state index in [1.54, 1.807) is 26.8 Å². The first-order chi connectivity index (χ1) is 14.5. The molecule has 1 aliphatic rings. The maximum Gasteiger partial charge on any atom is 0.413 e. The lowest BCUT2D eigenvalue weighted by molar-refractivity contribution is -0.384. The van der Waals surface area contributed by atoms with Gasteiger partial charge in [-0.15, -0.1) is 6.58 Å². The van der Waals surface area contributed by atoms with Crippen molar-refractivity contribution in [2.75, 3.05) is 13.7 Å². The monoisotopic (exact) mass is 433 g/mol. The molecule has 0 aliphatic carbocycles. The number of likely N-dealkylation sites (tertiary alicyclic amines) is 1. The highest BCUT2D eigenvalue weighted by molar-refractivity contribution is 5.91. The lowest BCUT2D eigenvalue weighted by atomic mass is 9.85. The zero-order chi connectivity index (χ0) is 23.3. The molecule has 3 atom stereocenters. The van der Waals surface area contributed by atoms with E-state index in [9.17, 15) is 24.5 Å². The van der Waals surface area contributed by atoms with Crippen LogP contribution in [0.2, 0.25) is 0 Å². The van der Waals surface area contributed by atoms with Crippen LogP contribution in [0.15, 0.2) is 36.9 Å². The fraction of sp³-hybridized carbons (Fsp3) is 0.476. The van der Waals surface area contributed by atoms with Crippen LogP contribution in [0.25, 0.3) is 0 Å². The van der Waals surface area contributed by atoms with Gasteiger partial charge in [0.25, 0.3) is 5.69 Å². The van der Waals surface area contributed by atoms with Gasteiger partial charge < -0.3 is 19.7 Å². The van der Waals surface area contributed by atoms with Crippen LogP contribution in [0.1, 0.15) is 27.2 Å². The molecule has 0 radical (unpaired) electrons. The second-order valence-electron chi connectivity index (χ2n) is 8.27. The Labute approximate surface area is 180 Å². The standard InChI is InChI=1S/C21H27N3O7/c1-6-13-11-12-23(16(13)19(26)30-5)18(25)17(21(2,3)4)22-20(27)31-15-9-7-14(8-10-15)24(28)29/h6-10,13,16-17H,1,11-12H2,2-5H3,(H,22,27)/t13-,16-,17+/m0/s1. The van der Waals surface area contributed by atoms with E-state index in [0.29, 0.717) is 13.0 Å². The van der Waals surface area contributed by atoms with Gasteiger partial charge in [0.1, 0.15) is 17.8 Å². The van der Waals surface area contributed by atoms with Crippen LogP contribution >= 0.6 is 0 Å². The van der Waals surface area contributed by atoms with E-state index in [1.807, 2.05) is 0 Å². The van der Waals surface area contributed by atoms with Crippen molar-refractivity contribution < 1.29 is 28.8 Å². The molecule has 10 nitrogen and oxygen atoms in total. The van der Waals surface area contributed by atoms with Gasteiger partial charge in [-0.05, 0) is 24.0 Å². The van der Waals surface area contributed by atoms with Crippen molar-refractivity contribution in [1.82, 2.24) is 10.2 Å². The molecule has 1 saturated heterocycles. The molecule has 168 valence electrons. The van der Waals surface area contributed by atoms with Crippen LogP contribution in [0, 0.1) is 21.4 Å². The van der Waals surface area contributed by atoms with E-state index in [1.165, 1.54) is 36.3 Å². The van der Waals surface area contributed by atoms with Gasteiger partial charge in [-0.2, -0.15) is 0 Å². The van der Waals surface area contributed by atoms with Crippen LogP contribution in [0.3, 0.4) is 0 Å². The second kappa shape index (κ2) is 9.59. The minimum absolute atomic E-state index is 0.0866. The zero-order valence-electron chi connectivity index (χ0n) is 18.0. The summed E-state index contributed by atoms with van der Waals surface area (Å²) in [6.07, 6.45) is 1.28.